The molecule has 21 heavy (non-hydrogen) atoms. The lowest BCUT2D eigenvalue weighted by atomic mass is 10.3. The van der Waals surface area contributed by atoms with Crippen LogP contribution in [0.25, 0.3) is 0 Å². The fourth-order valence-corrected chi connectivity index (χ4v) is 3.00. The Bertz CT molecular complexity index is 625. The number of aromatic nitrogens is 2. The normalized spacial score (nSPS) is 10.4. The molecule has 6 heteroatoms. The molecule has 0 aliphatic heterocycles. The van der Waals surface area contributed by atoms with Crippen molar-refractivity contribution >= 4 is 17.7 Å². The standard InChI is InChI=1S/C15H18N2O3S/c1-4-20-15(18)11-9-16-17(2)12(11)10-21-14-8-6-5-7-13(14)19-3/h5-9H,4,10H2,1-3H3. The SMILES string of the molecule is CCOC(=O)c1cnn(C)c1CSc1ccccc1OC. The summed E-state index contributed by atoms with van der Waals surface area (Å²) in [6, 6.07) is 7.79. The molecule has 112 valence electrons. The zero-order chi connectivity index (χ0) is 15.2. The Balaban J connectivity index is 2.16. The summed E-state index contributed by atoms with van der Waals surface area (Å²) >= 11 is 1.60. The number of para-hydroxylation sites is 1. The van der Waals surface area contributed by atoms with Gasteiger partial charge in [-0.15, -0.1) is 11.8 Å². The number of nitrogens with zero attached hydrogens (tertiary/aromatic N) is 2. The van der Waals surface area contributed by atoms with Crippen molar-refractivity contribution in [1.82, 2.24) is 9.78 Å². The molecule has 2 rings (SSSR count). The van der Waals surface area contributed by atoms with E-state index in [2.05, 4.69) is 5.10 Å². The van der Waals surface area contributed by atoms with Gasteiger partial charge in [-0.2, -0.15) is 5.10 Å². The van der Waals surface area contributed by atoms with Crippen molar-refractivity contribution in [2.24, 2.45) is 7.05 Å². The van der Waals surface area contributed by atoms with Crippen LogP contribution in [0.4, 0.5) is 0 Å². The van der Waals surface area contributed by atoms with Crippen LogP contribution in [0.5, 0.6) is 5.75 Å². The fraction of sp³-hybridized carbons (Fsp3) is 0.333. The Labute approximate surface area is 128 Å². The molecule has 0 bridgehead atoms. The van der Waals surface area contributed by atoms with Gasteiger partial charge < -0.3 is 9.47 Å². The first kappa shape index (κ1) is 15.4. The van der Waals surface area contributed by atoms with Crippen LogP contribution in [0, 0.1) is 0 Å². The predicted octanol–water partition coefficient (Wildman–Crippen LogP) is 2.90. The molecule has 1 aromatic carbocycles. The number of hydrogen-bond acceptors (Lipinski definition) is 5. The number of rotatable bonds is 6. The van der Waals surface area contributed by atoms with E-state index < -0.39 is 0 Å². The molecule has 5 nitrogen and oxygen atoms in total. The summed E-state index contributed by atoms with van der Waals surface area (Å²) in [7, 11) is 3.47. The molecule has 0 amide bonds. The van der Waals surface area contributed by atoms with E-state index in [9.17, 15) is 4.79 Å². The lowest BCUT2D eigenvalue weighted by Gasteiger charge is -2.09. The number of benzene rings is 1. The molecule has 1 aromatic heterocycles. The molecule has 0 unspecified atom stereocenters. The highest BCUT2D eigenvalue weighted by Crippen LogP contribution is 2.31. The number of ether oxygens (including phenoxy) is 2. The number of carbonyl (C=O) groups excluding carboxylic acids is 1. The van der Waals surface area contributed by atoms with Gasteiger partial charge in [0.05, 0.1) is 25.6 Å². The first-order chi connectivity index (χ1) is 10.2. The molecular formula is C15H18N2O3S. The number of thioether (sulfide) groups is 1. The van der Waals surface area contributed by atoms with E-state index in [-0.39, 0.29) is 5.97 Å². The van der Waals surface area contributed by atoms with Crippen molar-refractivity contribution in [3.8, 4) is 5.75 Å². The van der Waals surface area contributed by atoms with Gasteiger partial charge in [0.2, 0.25) is 0 Å². The van der Waals surface area contributed by atoms with Gasteiger partial charge >= 0.3 is 5.97 Å². The third-order valence-electron chi connectivity index (χ3n) is 2.99. The second-order valence-electron chi connectivity index (χ2n) is 4.29. The van der Waals surface area contributed by atoms with E-state index in [0.717, 1.165) is 16.3 Å². The van der Waals surface area contributed by atoms with Crippen molar-refractivity contribution in [2.75, 3.05) is 13.7 Å². The molecule has 0 N–H and O–H groups in total. The molecule has 0 aliphatic rings. The van der Waals surface area contributed by atoms with E-state index in [1.54, 1.807) is 36.7 Å². The first-order valence-corrected chi connectivity index (χ1v) is 7.59. The Morgan fingerprint density at radius 3 is 2.86 bits per heavy atom. The van der Waals surface area contributed by atoms with Crippen molar-refractivity contribution in [3.63, 3.8) is 0 Å². The Hall–Kier alpha value is -1.95. The Morgan fingerprint density at radius 1 is 1.38 bits per heavy atom. The molecule has 0 atom stereocenters. The van der Waals surface area contributed by atoms with Crippen LogP contribution < -0.4 is 4.74 Å². The van der Waals surface area contributed by atoms with Crippen LogP contribution in [-0.4, -0.2) is 29.5 Å². The summed E-state index contributed by atoms with van der Waals surface area (Å²) in [5, 5.41) is 4.15. The molecule has 0 saturated carbocycles. The van der Waals surface area contributed by atoms with Crippen LogP contribution in [-0.2, 0) is 17.5 Å². The zero-order valence-corrected chi connectivity index (χ0v) is 13.1. The van der Waals surface area contributed by atoms with Crippen LogP contribution >= 0.6 is 11.8 Å². The summed E-state index contributed by atoms with van der Waals surface area (Å²) in [6.07, 6.45) is 1.55. The average molecular weight is 306 g/mol. The third kappa shape index (κ3) is 3.58. The van der Waals surface area contributed by atoms with Crippen molar-refractivity contribution in [3.05, 3.63) is 41.7 Å². The lowest BCUT2D eigenvalue weighted by molar-refractivity contribution is 0.0525. The quantitative estimate of drug-likeness (QED) is 0.607. The lowest BCUT2D eigenvalue weighted by Crippen LogP contribution is -2.08. The smallest absolute Gasteiger partial charge is 0.341 e. The highest BCUT2D eigenvalue weighted by molar-refractivity contribution is 7.98. The fourth-order valence-electron chi connectivity index (χ4n) is 1.90. The van der Waals surface area contributed by atoms with Crippen LogP contribution in [0.1, 0.15) is 23.0 Å². The van der Waals surface area contributed by atoms with Gasteiger partial charge in [0.25, 0.3) is 0 Å². The van der Waals surface area contributed by atoms with Gasteiger partial charge in [0.15, 0.2) is 0 Å². The Morgan fingerprint density at radius 2 is 2.14 bits per heavy atom. The van der Waals surface area contributed by atoms with Gasteiger partial charge in [-0.3, -0.25) is 4.68 Å². The van der Waals surface area contributed by atoms with Crippen LogP contribution in [0.15, 0.2) is 35.4 Å². The van der Waals surface area contributed by atoms with Gasteiger partial charge in [0, 0.05) is 17.7 Å². The second kappa shape index (κ2) is 7.17. The van der Waals surface area contributed by atoms with Gasteiger partial charge in [-0.25, -0.2) is 4.79 Å². The van der Waals surface area contributed by atoms with E-state index in [1.807, 2.05) is 31.3 Å². The Kier molecular flexibility index (Phi) is 5.27. The van der Waals surface area contributed by atoms with Crippen LogP contribution in [0.2, 0.25) is 0 Å². The van der Waals surface area contributed by atoms with Crippen molar-refractivity contribution in [1.29, 1.82) is 0 Å². The molecule has 0 fully saturated rings. The topological polar surface area (TPSA) is 53.3 Å². The largest absolute Gasteiger partial charge is 0.496 e. The summed E-state index contributed by atoms with van der Waals surface area (Å²) in [6.45, 7) is 2.14. The molecule has 0 radical (unpaired) electrons. The maximum Gasteiger partial charge on any atom is 0.341 e. The molecule has 0 aliphatic carbocycles. The minimum absolute atomic E-state index is 0.332. The average Bonchev–Trinajstić information content (AvgIpc) is 2.86. The number of aryl methyl sites for hydroxylation is 1. The van der Waals surface area contributed by atoms with E-state index >= 15 is 0 Å². The number of methoxy groups -OCH3 is 1. The van der Waals surface area contributed by atoms with E-state index in [0.29, 0.717) is 17.9 Å². The first-order valence-electron chi connectivity index (χ1n) is 6.61. The number of carbonyl (C=O) groups is 1. The summed E-state index contributed by atoms with van der Waals surface area (Å²) in [5.41, 5.74) is 1.35. The maximum absolute atomic E-state index is 11.9. The zero-order valence-electron chi connectivity index (χ0n) is 12.3. The molecule has 1 heterocycles. The number of hydrogen-bond donors (Lipinski definition) is 0. The van der Waals surface area contributed by atoms with Crippen molar-refractivity contribution in [2.45, 2.75) is 17.6 Å². The molecular weight excluding hydrogens is 288 g/mol. The summed E-state index contributed by atoms with van der Waals surface area (Å²) < 4.78 is 12.1. The molecule has 0 saturated heterocycles. The van der Waals surface area contributed by atoms with Gasteiger partial charge in [-0.1, -0.05) is 12.1 Å². The highest BCUT2D eigenvalue weighted by Gasteiger charge is 2.17. The van der Waals surface area contributed by atoms with Crippen LogP contribution in [0.3, 0.4) is 0 Å². The third-order valence-corrected chi connectivity index (χ3v) is 4.06. The van der Waals surface area contributed by atoms with E-state index in [1.165, 1.54) is 0 Å². The minimum atomic E-state index is -0.332. The molecule has 0 spiro atoms. The maximum atomic E-state index is 11.9. The predicted molar refractivity (Wildman–Crippen MR) is 81.7 cm³/mol. The summed E-state index contributed by atoms with van der Waals surface area (Å²) in [5.74, 6) is 1.11. The summed E-state index contributed by atoms with van der Waals surface area (Å²) in [4.78, 5) is 12.9. The van der Waals surface area contributed by atoms with Gasteiger partial charge in [-0.05, 0) is 19.1 Å². The van der Waals surface area contributed by atoms with Crippen molar-refractivity contribution < 1.29 is 14.3 Å². The van der Waals surface area contributed by atoms with E-state index in [4.69, 9.17) is 9.47 Å². The molecule has 2 aromatic rings. The highest BCUT2D eigenvalue weighted by atomic mass is 32.2. The minimum Gasteiger partial charge on any atom is -0.496 e. The second-order valence-corrected chi connectivity index (χ2v) is 5.31. The number of esters is 1. The van der Waals surface area contributed by atoms with Gasteiger partial charge in [0.1, 0.15) is 11.3 Å². The monoisotopic (exact) mass is 306 g/mol.